The summed E-state index contributed by atoms with van der Waals surface area (Å²) >= 11 is 1.66. The van der Waals surface area contributed by atoms with Crippen LogP contribution in [0, 0.1) is 0 Å². The van der Waals surface area contributed by atoms with Crippen molar-refractivity contribution in [2.75, 3.05) is 6.26 Å². The van der Waals surface area contributed by atoms with Crippen molar-refractivity contribution in [1.29, 1.82) is 0 Å². The Morgan fingerprint density at radius 1 is 1.35 bits per heavy atom. The fourth-order valence-corrected chi connectivity index (χ4v) is 1.91. The molecule has 1 aliphatic rings. The number of hydrogen-bond acceptors (Lipinski definition) is 4. The Balaban J connectivity index is 2.28. The Morgan fingerprint density at radius 2 is 2.06 bits per heavy atom. The predicted molar refractivity (Wildman–Crippen MR) is 70.0 cm³/mol. The lowest BCUT2D eigenvalue weighted by Gasteiger charge is -2.22. The van der Waals surface area contributed by atoms with Gasteiger partial charge in [0.2, 0.25) is 0 Å². The van der Waals surface area contributed by atoms with Crippen molar-refractivity contribution in [3.05, 3.63) is 12.3 Å². The van der Waals surface area contributed by atoms with Gasteiger partial charge in [0.15, 0.2) is 5.75 Å². The van der Waals surface area contributed by atoms with E-state index in [-0.39, 0.29) is 5.60 Å². The number of pyridine rings is 1. The third-order valence-corrected chi connectivity index (χ3v) is 3.03. The molecular weight excluding hydrogens is 234 g/mol. The van der Waals surface area contributed by atoms with Crippen LogP contribution in [0.5, 0.6) is 11.6 Å². The van der Waals surface area contributed by atoms with Crippen molar-refractivity contribution in [3.63, 3.8) is 0 Å². The van der Waals surface area contributed by atoms with E-state index < -0.39 is 0 Å². The maximum absolute atomic E-state index is 5.92. The van der Waals surface area contributed by atoms with Crippen LogP contribution in [0.3, 0.4) is 0 Å². The fourth-order valence-electron chi connectivity index (χ4n) is 1.40. The molecule has 0 aromatic carbocycles. The lowest BCUT2D eigenvalue weighted by Crippen LogP contribution is -2.24. The van der Waals surface area contributed by atoms with Gasteiger partial charge in [0.25, 0.3) is 5.88 Å². The SMILES string of the molecule is CSc1ccnc(OC(C)(C)C)c1OC1CC1. The van der Waals surface area contributed by atoms with Crippen LogP contribution in [0.4, 0.5) is 0 Å². The largest absolute Gasteiger partial charge is 0.484 e. The summed E-state index contributed by atoms with van der Waals surface area (Å²) in [6, 6.07) is 1.97. The Bertz CT molecular complexity index is 397. The molecule has 3 nitrogen and oxygen atoms in total. The molecule has 0 bridgehead atoms. The number of aromatic nitrogens is 1. The minimum atomic E-state index is -0.258. The van der Waals surface area contributed by atoms with E-state index in [1.165, 1.54) is 0 Å². The molecular formula is C13H19NO2S. The van der Waals surface area contributed by atoms with Gasteiger partial charge in [-0.15, -0.1) is 11.8 Å². The first-order valence-corrected chi connectivity index (χ1v) is 7.11. The van der Waals surface area contributed by atoms with E-state index in [1.807, 2.05) is 33.1 Å². The zero-order valence-electron chi connectivity index (χ0n) is 10.8. The van der Waals surface area contributed by atoms with Crippen LogP contribution in [0.2, 0.25) is 0 Å². The number of nitrogens with zero attached hydrogens (tertiary/aromatic N) is 1. The van der Waals surface area contributed by atoms with Crippen molar-refractivity contribution >= 4 is 11.8 Å². The normalized spacial score (nSPS) is 15.8. The molecule has 0 atom stereocenters. The second-order valence-corrected chi connectivity index (χ2v) is 6.03. The van der Waals surface area contributed by atoms with Crippen LogP contribution in [0.25, 0.3) is 0 Å². The molecule has 0 saturated heterocycles. The third-order valence-electron chi connectivity index (χ3n) is 2.27. The zero-order chi connectivity index (χ0) is 12.5. The molecule has 1 fully saturated rings. The van der Waals surface area contributed by atoms with Gasteiger partial charge in [-0.05, 0) is 45.9 Å². The standard InChI is InChI=1S/C13H19NO2S/c1-13(2,3)16-12-11(15-9-5-6-9)10(17-4)7-8-14-12/h7-9H,5-6H2,1-4H3. The highest BCUT2D eigenvalue weighted by Crippen LogP contribution is 2.40. The molecule has 0 N–H and O–H groups in total. The minimum absolute atomic E-state index is 0.258. The Labute approximate surface area is 107 Å². The number of thioether (sulfide) groups is 1. The first kappa shape index (κ1) is 12.6. The maximum Gasteiger partial charge on any atom is 0.258 e. The molecule has 2 rings (SSSR count). The van der Waals surface area contributed by atoms with E-state index in [2.05, 4.69) is 4.98 Å². The van der Waals surface area contributed by atoms with Crippen molar-refractivity contribution in [1.82, 2.24) is 4.98 Å². The average molecular weight is 253 g/mol. The quantitative estimate of drug-likeness (QED) is 0.768. The van der Waals surface area contributed by atoms with Crippen molar-refractivity contribution in [3.8, 4) is 11.6 Å². The summed E-state index contributed by atoms with van der Waals surface area (Å²) in [6.45, 7) is 6.05. The van der Waals surface area contributed by atoms with Crippen LogP contribution in [0.15, 0.2) is 17.2 Å². The van der Waals surface area contributed by atoms with E-state index in [4.69, 9.17) is 9.47 Å². The van der Waals surface area contributed by atoms with Gasteiger partial charge < -0.3 is 9.47 Å². The Morgan fingerprint density at radius 3 is 2.59 bits per heavy atom. The Hall–Kier alpha value is -0.900. The van der Waals surface area contributed by atoms with E-state index in [1.54, 1.807) is 18.0 Å². The number of hydrogen-bond donors (Lipinski definition) is 0. The van der Waals surface area contributed by atoms with Crippen LogP contribution >= 0.6 is 11.8 Å². The minimum Gasteiger partial charge on any atom is -0.484 e. The van der Waals surface area contributed by atoms with Gasteiger partial charge in [-0.1, -0.05) is 0 Å². The smallest absolute Gasteiger partial charge is 0.258 e. The lowest BCUT2D eigenvalue weighted by molar-refractivity contribution is 0.114. The molecule has 1 aromatic rings. The molecule has 0 amide bonds. The topological polar surface area (TPSA) is 31.4 Å². The summed E-state index contributed by atoms with van der Waals surface area (Å²) in [5, 5.41) is 0. The molecule has 94 valence electrons. The maximum atomic E-state index is 5.92. The first-order chi connectivity index (χ1) is 7.99. The van der Waals surface area contributed by atoms with Gasteiger partial charge >= 0.3 is 0 Å². The first-order valence-electron chi connectivity index (χ1n) is 5.88. The summed E-state index contributed by atoms with van der Waals surface area (Å²) in [4.78, 5) is 5.38. The highest BCUT2D eigenvalue weighted by Gasteiger charge is 2.28. The molecule has 0 spiro atoms. The number of ether oxygens (including phenoxy) is 2. The molecule has 1 saturated carbocycles. The van der Waals surface area contributed by atoms with E-state index in [9.17, 15) is 0 Å². The second-order valence-electron chi connectivity index (χ2n) is 5.18. The monoisotopic (exact) mass is 253 g/mol. The highest BCUT2D eigenvalue weighted by molar-refractivity contribution is 7.98. The molecule has 0 radical (unpaired) electrons. The van der Waals surface area contributed by atoms with E-state index in [0.29, 0.717) is 12.0 Å². The van der Waals surface area contributed by atoms with Crippen molar-refractivity contribution in [2.24, 2.45) is 0 Å². The predicted octanol–water partition coefficient (Wildman–Crippen LogP) is 3.52. The molecule has 1 heterocycles. The summed E-state index contributed by atoms with van der Waals surface area (Å²) in [7, 11) is 0. The van der Waals surface area contributed by atoms with Gasteiger partial charge in [0, 0.05) is 6.20 Å². The summed E-state index contributed by atoms with van der Waals surface area (Å²) in [5.41, 5.74) is -0.258. The van der Waals surface area contributed by atoms with Crippen molar-refractivity contribution in [2.45, 2.75) is 50.2 Å². The van der Waals surface area contributed by atoms with E-state index >= 15 is 0 Å². The summed E-state index contributed by atoms with van der Waals surface area (Å²) in [6.07, 6.45) is 6.44. The van der Waals surface area contributed by atoms with Gasteiger partial charge in [-0.3, -0.25) is 0 Å². The van der Waals surface area contributed by atoms with Crippen LogP contribution in [-0.2, 0) is 0 Å². The van der Waals surface area contributed by atoms with Gasteiger partial charge in [0.05, 0.1) is 11.0 Å². The molecule has 1 aliphatic carbocycles. The third kappa shape index (κ3) is 3.53. The van der Waals surface area contributed by atoms with Gasteiger partial charge in [-0.25, -0.2) is 4.98 Å². The Kier molecular flexibility index (Phi) is 3.52. The van der Waals surface area contributed by atoms with E-state index in [0.717, 1.165) is 23.5 Å². The highest BCUT2D eigenvalue weighted by atomic mass is 32.2. The van der Waals surface area contributed by atoms with Crippen LogP contribution < -0.4 is 9.47 Å². The lowest BCUT2D eigenvalue weighted by atomic mass is 10.2. The van der Waals surface area contributed by atoms with Crippen LogP contribution in [-0.4, -0.2) is 22.9 Å². The average Bonchev–Trinajstić information content (AvgIpc) is 3.02. The molecule has 4 heteroatoms. The van der Waals surface area contributed by atoms with Crippen LogP contribution in [0.1, 0.15) is 33.6 Å². The summed E-state index contributed by atoms with van der Waals surface area (Å²) in [5.74, 6) is 1.41. The summed E-state index contributed by atoms with van der Waals surface area (Å²) < 4.78 is 11.8. The fraction of sp³-hybridized carbons (Fsp3) is 0.615. The second kappa shape index (κ2) is 4.77. The van der Waals surface area contributed by atoms with Crippen molar-refractivity contribution < 1.29 is 9.47 Å². The molecule has 17 heavy (non-hydrogen) atoms. The van der Waals surface area contributed by atoms with Gasteiger partial charge in [-0.2, -0.15) is 0 Å². The zero-order valence-corrected chi connectivity index (χ0v) is 11.6. The number of rotatable bonds is 4. The molecule has 1 aromatic heterocycles. The van der Waals surface area contributed by atoms with Gasteiger partial charge in [0.1, 0.15) is 5.60 Å². The molecule has 0 aliphatic heterocycles. The molecule has 0 unspecified atom stereocenters.